The summed E-state index contributed by atoms with van der Waals surface area (Å²) in [5.74, 6) is -0.967. The molecule has 8 heteroatoms. The van der Waals surface area contributed by atoms with E-state index in [0.717, 1.165) is 5.56 Å². The van der Waals surface area contributed by atoms with E-state index in [-0.39, 0.29) is 6.54 Å². The summed E-state index contributed by atoms with van der Waals surface area (Å²) >= 11 is 5.76. The second kappa shape index (κ2) is 7.36. The summed E-state index contributed by atoms with van der Waals surface area (Å²) in [5.41, 5.74) is 0.262. The SMILES string of the molecule is CC(C)(C)OC(=O)N1CCN(Cc2ccc(Cl)nc2)[C@@H](C(=O)O)C1. The zero-order chi connectivity index (χ0) is 17.9. The van der Waals surface area contributed by atoms with Crippen LogP contribution in [-0.2, 0) is 16.1 Å². The Labute approximate surface area is 146 Å². The fourth-order valence-electron chi connectivity index (χ4n) is 2.47. The molecule has 0 aliphatic carbocycles. The van der Waals surface area contributed by atoms with Gasteiger partial charge in [-0.1, -0.05) is 17.7 Å². The quantitative estimate of drug-likeness (QED) is 0.837. The Bertz CT molecular complexity index is 600. The fraction of sp³-hybridized carbons (Fsp3) is 0.562. The highest BCUT2D eigenvalue weighted by atomic mass is 35.5. The first-order valence-electron chi connectivity index (χ1n) is 7.71. The third-order valence-corrected chi connectivity index (χ3v) is 3.83. The topological polar surface area (TPSA) is 83.0 Å². The number of amides is 1. The number of nitrogens with zero attached hydrogens (tertiary/aromatic N) is 3. The van der Waals surface area contributed by atoms with E-state index >= 15 is 0 Å². The Morgan fingerprint density at radius 3 is 2.62 bits per heavy atom. The third kappa shape index (κ3) is 5.07. The Hall–Kier alpha value is -1.86. The molecule has 1 aromatic rings. The molecule has 1 atom stereocenters. The number of carboxylic acid groups (broad SMARTS) is 1. The summed E-state index contributed by atoms with van der Waals surface area (Å²) in [6, 6.07) is 2.69. The lowest BCUT2D eigenvalue weighted by atomic mass is 10.1. The summed E-state index contributed by atoms with van der Waals surface area (Å²) in [7, 11) is 0. The average Bonchev–Trinajstić information content (AvgIpc) is 2.48. The predicted molar refractivity (Wildman–Crippen MR) is 88.9 cm³/mol. The van der Waals surface area contributed by atoms with Gasteiger partial charge in [-0.3, -0.25) is 9.69 Å². The highest BCUT2D eigenvalue weighted by molar-refractivity contribution is 6.29. The Kier molecular flexibility index (Phi) is 5.66. The van der Waals surface area contributed by atoms with E-state index in [0.29, 0.717) is 24.8 Å². The van der Waals surface area contributed by atoms with Gasteiger partial charge in [-0.05, 0) is 32.4 Å². The molecule has 0 aromatic carbocycles. The number of carboxylic acids is 1. The number of pyridine rings is 1. The summed E-state index contributed by atoms with van der Waals surface area (Å²) in [5, 5.41) is 9.90. The second-order valence-electron chi connectivity index (χ2n) is 6.74. The van der Waals surface area contributed by atoms with Crippen LogP contribution in [0.2, 0.25) is 5.15 Å². The molecule has 0 bridgehead atoms. The van der Waals surface area contributed by atoms with E-state index in [2.05, 4.69) is 4.98 Å². The maximum absolute atomic E-state index is 12.2. The minimum Gasteiger partial charge on any atom is -0.480 e. The van der Waals surface area contributed by atoms with Crippen LogP contribution >= 0.6 is 11.6 Å². The van der Waals surface area contributed by atoms with Gasteiger partial charge in [0.05, 0.1) is 6.54 Å². The van der Waals surface area contributed by atoms with Crippen LogP contribution in [0, 0.1) is 0 Å². The minimum absolute atomic E-state index is 0.0886. The van der Waals surface area contributed by atoms with Gasteiger partial charge in [0.1, 0.15) is 16.8 Å². The molecule has 1 aromatic heterocycles. The number of aromatic nitrogens is 1. The van der Waals surface area contributed by atoms with Crippen molar-refractivity contribution in [3.63, 3.8) is 0 Å². The van der Waals surface area contributed by atoms with Crippen LogP contribution in [0.5, 0.6) is 0 Å². The van der Waals surface area contributed by atoms with Crippen LogP contribution in [0.15, 0.2) is 18.3 Å². The normalized spacial score (nSPS) is 19.2. The second-order valence-corrected chi connectivity index (χ2v) is 7.13. The number of rotatable bonds is 3. The first kappa shape index (κ1) is 18.5. The molecule has 1 saturated heterocycles. The van der Waals surface area contributed by atoms with Crippen LogP contribution in [0.3, 0.4) is 0 Å². The van der Waals surface area contributed by atoms with Crippen molar-refractivity contribution in [2.75, 3.05) is 19.6 Å². The van der Waals surface area contributed by atoms with Gasteiger partial charge < -0.3 is 14.7 Å². The molecule has 1 N–H and O–H groups in total. The first-order chi connectivity index (χ1) is 11.2. The van der Waals surface area contributed by atoms with E-state index in [1.165, 1.54) is 4.90 Å². The van der Waals surface area contributed by atoms with E-state index in [9.17, 15) is 14.7 Å². The van der Waals surface area contributed by atoms with Gasteiger partial charge in [-0.25, -0.2) is 9.78 Å². The fourth-order valence-corrected chi connectivity index (χ4v) is 2.58. The van der Waals surface area contributed by atoms with Crippen LogP contribution < -0.4 is 0 Å². The monoisotopic (exact) mass is 355 g/mol. The van der Waals surface area contributed by atoms with Crippen molar-refractivity contribution in [2.45, 2.75) is 39.0 Å². The van der Waals surface area contributed by atoms with Crippen molar-refractivity contribution < 1.29 is 19.4 Å². The molecule has 1 fully saturated rings. The number of piperazine rings is 1. The van der Waals surface area contributed by atoms with Crippen molar-refractivity contribution in [3.8, 4) is 0 Å². The Morgan fingerprint density at radius 1 is 1.38 bits per heavy atom. The van der Waals surface area contributed by atoms with Crippen LogP contribution in [-0.4, -0.2) is 63.2 Å². The Morgan fingerprint density at radius 2 is 2.08 bits per heavy atom. The molecule has 7 nitrogen and oxygen atoms in total. The van der Waals surface area contributed by atoms with Crippen molar-refractivity contribution in [1.82, 2.24) is 14.8 Å². The zero-order valence-electron chi connectivity index (χ0n) is 14.0. The molecule has 0 saturated carbocycles. The van der Waals surface area contributed by atoms with Crippen LogP contribution in [0.25, 0.3) is 0 Å². The molecule has 0 spiro atoms. The molecule has 24 heavy (non-hydrogen) atoms. The number of hydrogen-bond donors (Lipinski definition) is 1. The first-order valence-corrected chi connectivity index (χ1v) is 8.09. The number of halogens is 1. The molecule has 2 rings (SSSR count). The van der Waals surface area contributed by atoms with E-state index in [1.807, 2.05) is 11.0 Å². The number of carbonyl (C=O) groups excluding carboxylic acids is 1. The largest absolute Gasteiger partial charge is 0.480 e. The molecule has 1 aliphatic heterocycles. The number of ether oxygens (including phenoxy) is 1. The van der Waals surface area contributed by atoms with Gasteiger partial charge >= 0.3 is 12.1 Å². The van der Waals surface area contributed by atoms with Crippen molar-refractivity contribution in [3.05, 3.63) is 29.0 Å². The molecule has 1 amide bonds. The Balaban J connectivity index is 2.04. The van der Waals surface area contributed by atoms with E-state index < -0.39 is 23.7 Å². The van der Waals surface area contributed by atoms with Gasteiger partial charge in [0, 0.05) is 25.8 Å². The minimum atomic E-state index is -0.967. The highest BCUT2D eigenvalue weighted by Crippen LogP contribution is 2.18. The molecular weight excluding hydrogens is 334 g/mol. The molecule has 0 radical (unpaired) electrons. The molecule has 2 heterocycles. The van der Waals surface area contributed by atoms with Crippen LogP contribution in [0.1, 0.15) is 26.3 Å². The number of aliphatic carboxylic acids is 1. The molecule has 0 unspecified atom stereocenters. The van der Waals surface area contributed by atoms with E-state index in [1.54, 1.807) is 33.0 Å². The van der Waals surface area contributed by atoms with E-state index in [4.69, 9.17) is 16.3 Å². The van der Waals surface area contributed by atoms with Crippen LogP contribution in [0.4, 0.5) is 4.79 Å². The lowest BCUT2D eigenvalue weighted by Gasteiger charge is -2.39. The molecule has 1 aliphatic rings. The zero-order valence-corrected chi connectivity index (χ0v) is 14.8. The summed E-state index contributed by atoms with van der Waals surface area (Å²) in [4.78, 5) is 31.0. The van der Waals surface area contributed by atoms with Gasteiger partial charge in [0.15, 0.2) is 0 Å². The van der Waals surface area contributed by atoms with Crippen molar-refractivity contribution >= 4 is 23.7 Å². The number of hydrogen-bond acceptors (Lipinski definition) is 5. The summed E-state index contributed by atoms with van der Waals surface area (Å²) in [6.45, 7) is 6.73. The lowest BCUT2D eigenvalue weighted by molar-refractivity contribution is -0.145. The lowest BCUT2D eigenvalue weighted by Crippen LogP contribution is -2.57. The average molecular weight is 356 g/mol. The van der Waals surface area contributed by atoms with Crippen molar-refractivity contribution in [1.29, 1.82) is 0 Å². The molecular formula is C16H22ClN3O4. The highest BCUT2D eigenvalue weighted by Gasteiger charge is 2.35. The third-order valence-electron chi connectivity index (χ3n) is 3.60. The van der Waals surface area contributed by atoms with Crippen molar-refractivity contribution in [2.24, 2.45) is 0 Å². The predicted octanol–water partition coefficient (Wildman–Crippen LogP) is 2.24. The summed E-state index contributed by atoms with van der Waals surface area (Å²) in [6.07, 6.45) is 1.14. The molecule has 132 valence electrons. The summed E-state index contributed by atoms with van der Waals surface area (Å²) < 4.78 is 5.32. The van der Waals surface area contributed by atoms with Gasteiger partial charge in [-0.2, -0.15) is 0 Å². The van der Waals surface area contributed by atoms with Gasteiger partial charge in [0.25, 0.3) is 0 Å². The van der Waals surface area contributed by atoms with Gasteiger partial charge in [0.2, 0.25) is 0 Å². The maximum atomic E-state index is 12.2. The smallest absolute Gasteiger partial charge is 0.410 e. The maximum Gasteiger partial charge on any atom is 0.410 e. The number of carbonyl (C=O) groups is 2. The standard InChI is InChI=1S/C16H22ClN3O4/c1-16(2,3)24-15(23)20-7-6-19(12(10-20)14(21)22)9-11-4-5-13(17)18-8-11/h4-5,8,12H,6-7,9-10H2,1-3H3,(H,21,22)/t12-/m1/s1. The van der Waals surface area contributed by atoms with Gasteiger partial charge in [-0.15, -0.1) is 0 Å².